The average Bonchev–Trinajstić information content (AvgIpc) is 2.83. The Bertz CT molecular complexity index is 286. The molecule has 0 radical (unpaired) electrons. The van der Waals surface area contributed by atoms with Gasteiger partial charge in [-0.25, -0.2) is 4.98 Å². The minimum atomic E-state index is 0.315. The summed E-state index contributed by atoms with van der Waals surface area (Å²) in [4.78, 5) is 10.1. The van der Waals surface area contributed by atoms with Crippen molar-refractivity contribution in [2.75, 3.05) is 26.2 Å². The molecule has 90 valence electrons. The molecule has 1 aliphatic heterocycles. The van der Waals surface area contributed by atoms with E-state index in [0.29, 0.717) is 12.5 Å². The quantitative estimate of drug-likeness (QED) is 0.741. The molecule has 1 aromatic rings. The van der Waals surface area contributed by atoms with Crippen LogP contribution in [0.1, 0.15) is 37.4 Å². The van der Waals surface area contributed by atoms with Crippen LogP contribution in [0.25, 0.3) is 0 Å². The second-order valence-corrected chi connectivity index (χ2v) is 4.54. The van der Waals surface area contributed by atoms with Gasteiger partial charge in [0.15, 0.2) is 0 Å². The van der Waals surface area contributed by atoms with Crippen molar-refractivity contribution >= 4 is 0 Å². The second-order valence-electron chi connectivity index (χ2n) is 4.54. The summed E-state index contributed by atoms with van der Waals surface area (Å²) in [6, 6.07) is 0. The predicted octanol–water partition coefficient (Wildman–Crippen LogP) is 1.36. The lowest BCUT2D eigenvalue weighted by Crippen LogP contribution is -2.35. The number of hydrogen-bond donors (Lipinski definition) is 2. The summed E-state index contributed by atoms with van der Waals surface area (Å²) >= 11 is 0. The Hall–Kier alpha value is -0.870. The summed E-state index contributed by atoms with van der Waals surface area (Å²) < 4.78 is 0. The number of nitrogens with one attached hydrogen (secondary N) is 1. The second kappa shape index (κ2) is 6.01. The molecule has 0 bridgehead atoms. The molecule has 1 atom stereocenters. The first-order valence-corrected chi connectivity index (χ1v) is 6.22. The Morgan fingerprint density at radius 3 is 3.19 bits per heavy atom. The number of rotatable bonds is 5. The number of aliphatic hydroxyl groups excluding tert-OH is 1. The van der Waals surface area contributed by atoms with Crippen molar-refractivity contribution in [1.82, 2.24) is 14.9 Å². The van der Waals surface area contributed by atoms with Crippen molar-refractivity contribution in [3.63, 3.8) is 0 Å². The fraction of sp³-hybridized carbons (Fsp3) is 0.750. The molecule has 0 aromatic carbocycles. The van der Waals surface area contributed by atoms with Gasteiger partial charge in [-0.1, -0.05) is 0 Å². The van der Waals surface area contributed by atoms with Crippen LogP contribution in [-0.4, -0.2) is 46.2 Å². The maximum atomic E-state index is 8.76. The molecule has 0 saturated carbocycles. The molecular formula is C12H21N3O. The van der Waals surface area contributed by atoms with Crippen molar-refractivity contribution in [2.24, 2.45) is 0 Å². The largest absolute Gasteiger partial charge is 0.396 e. The van der Waals surface area contributed by atoms with Crippen LogP contribution in [0.2, 0.25) is 0 Å². The maximum absolute atomic E-state index is 8.76. The number of piperidine rings is 1. The van der Waals surface area contributed by atoms with Gasteiger partial charge in [-0.2, -0.15) is 0 Å². The molecule has 0 amide bonds. The highest BCUT2D eigenvalue weighted by Crippen LogP contribution is 2.24. The first kappa shape index (κ1) is 11.6. The Morgan fingerprint density at radius 1 is 1.50 bits per heavy atom. The van der Waals surface area contributed by atoms with Crippen LogP contribution in [-0.2, 0) is 0 Å². The van der Waals surface area contributed by atoms with Crippen LogP contribution in [0, 0.1) is 0 Å². The van der Waals surface area contributed by atoms with Crippen molar-refractivity contribution < 1.29 is 5.11 Å². The van der Waals surface area contributed by atoms with E-state index in [-0.39, 0.29) is 0 Å². The fourth-order valence-corrected chi connectivity index (χ4v) is 2.43. The molecule has 1 unspecified atom stereocenters. The summed E-state index contributed by atoms with van der Waals surface area (Å²) in [5, 5.41) is 8.76. The number of aromatic nitrogens is 2. The summed E-state index contributed by atoms with van der Waals surface area (Å²) in [6.07, 6.45) is 8.25. The first-order valence-electron chi connectivity index (χ1n) is 6.22. The molecule has 4 heteroatoms. The zero-order chi connectivity index (χ0) is 11.2. The molecule has 1 fully saturated rings. The minimum Gasteiger partial charge on any atom is -0.396 e. The van der Waals surface area contributed by atoms with Crippen molar-refractivity contribution in [1.29, 1.82) is 0 Å². The Morgan fingerprint density at radius 2 is 2.44 bits per heavy atom. The van der Waals surface area contributed by atoms with Gasteiger partial charge in [0.2, 0.25) is 0 Å². The van der Waals surface area contributed by atoms with Gasteiger partial charge in [0.1, 0.15) is 5.82 Å². The zero-order valence-corrected chi connectivity index (χ0v) is 9.73. The topological polar surface area (TPSA) is 52.1 Å². The SMILES string of the molecule is OCCCCN1CCCC(c2ncc[nH]2)C1. The molecule has 2 N–H and O–H groups in total. The molecule has 1 aromatic heterocycles. The molecule has 2 rings (SSSR count). The van der Waals surface area contributed by atoms with E-state index in [2.05, 4.69) is 14.9 Å². The molecule has 16 heavy (non-hydrogen) atoms. The van der Waals surface area contributed by atoms with E-state index in [1.54, 1.807) is 0 Å². The highest BCUT2D eigenvalue weighted by atomic mass is 16.2. The number of imidazole rings is 1. The van der Waals surface area contributed by atoms with E-state index < -0.39 is 0 Å². The van der Waals surface area contributed by atoms with Gasteiger partial charge in [0.05, 0.1) is 0 Å². The standard InChI is InChI=1S/C12H21N3O/c16-9-2-1-7-15-8-3-4-11(10-15)12-13-5-6-14-12/h5-6,11,16H,1-4,7-10H2,(H,13,14). The lowest BCUT2D eigenvalue weighted by molar-refractivity contribution is 0.193. The monoisotopic (exact) mass is 223 g/mol. The molecule has 1 saturated heterocycles. The number of nitrogens with zero attached hydrogens (tertiary/aromatic N) is 2. The van der Waals surface area contributed by atoms with Crippen molar-refractivity contribution in [2.45, 2.75) is 31.6 Å². The molecular weight excluding hydrogens is 202 g/mol. The highest BCUT2D eigenvalue weighted by molar-refractivity contribution is 4.99. The summed E-state index contributed by atoms with van der Waals surface area (Å²) in [6.45, 7) is 3.73. The van der Waals surface area contributed by atoms with Gasteiger partial charge < -0.3 is 15.0 Å². The van der Waals surface area contributed by atoms with E-state index >= 15 is 0 Å². The number of aliphatic hydroxyl groups is 1. The van der Waals surface area contributed by atoms with E-state index in [9.17, 15) is 0 Å². The smallest absolute Gasteiger partial charge is 0.110 e. The van der Waals surface area contributed by atoms with E-state index in [1.165, 1.54) is 19.4 Å². The van der Waals surface area contributed by atoms with Crippen molar-refractivity contribution in [3.05, 3.63) is 18.2 Å². The van der Waals surface area contributed by atoms with Gasteiger partial charge >= 0.3 is 0 Å². The van der Waals surface area contributed by atoms with Crippen LogP contribution in [0.15, 0.2) is 12.4 Å². The third-order valence-corrected chi connectivity index (χ3v) is 3.29. The van der Waals surface area contributed by atoms with Crippen LogP contribution in [0.4, 0.5) is 0 Å². The Kier molecular flexibility index (Phi) is 4.36. The summed E-state index contributed by atoms with van der Waals surface area (Å²) in [5.41, 5.74) is 0. The molecule has 1 aliphatic rings. The Balaban J connectivity index is 1.80. The van der Waals surface area contributed by atoms with Crippen LogP contribution in [0.5, 0.6) is 0 Å². The highest BCUT2D eigenvalue weighted by Gasteiger charge is 2.22. The average molecular weight is 223 g/mol. The lowest BCUT2D eigenvalue weighted by Gasteiger charge is -2.31. The zero-order valence-electron chi connectivity index (χ0n) is 9.73. The summed E-state index contributed by atoms with van der Waals surface area (Å²) in [5.74, 6) is 1.70. The number of hydrogen-bond acceptors (Lipinski definition) is 3. The number of unbranched alkanes of at least 4 members (excludes halogenated alkanes) is 1. The van der Waals surface area contributed by atoms with Gasteiger partial charge in [-0.05, 0) is 38.8 Å². The minimum absolute atomic E-state index is 0.315. The lowest BCUT2D eigenvalue weighted by atomic mass is 9.97. The number of likely N-dealkylation sites (tertiary alicyclic amines) is 1. The third kappa shape index (κ3) is 3.06. The molecule has 4 nitrogen and oxygen atoms in total. The maximum Gasteiger partial charge on any atom is 0.110 e. The van der Waals surface area contributed by atoms with Crippen molar-refractivity contribution in [3.8, 4) is 0 Å². The van der Waals surface area contributed by atoms with Crippen LogP contribution in [0.3, 0.4) is 0 Å². The normalized spacial score (nSPS) is 22.4. The van der Waals surface area contributed by atoms with Gasteiger partial charge in [0, 0.05) is 31.5 Å². The molecule has 0 aliphatic carbocycles. The van der Waals surface area contributed by atoms with Gasteiger partial charge in [0.25, 0.3) is 0 Å². The van der Waals surface area contributed by atoms with E-state index in [0.717, 1.165) is 31.8 Å². The van der Waals surface area contributed by atoms with Crippen LogP contribution < -0.4 is 0 Å². The van der Waals surface area contributed by atoms with Crippen LogP contribution >= 0.6 is 0 Å². The van der Waals surface area contributed by atoms with E-state index in [1.807, 2.05) is 12.4 Å². The molecule has 0 spiro atoms. The first-order chi connectivity index (χ1) is 7.90. The van der Waals surface area contributed by atoms with Gasteiger partial charge in [-0.15, -0.1) is 0 Å². The fourth-order valence-electron chi connectivity index (χ4n) is 2.43. The Labute approximate surface area is 96.7 Å². The molecule has 2 heterocycles. The number of aromatic amines is 1. The number of H-pyrrole nitrogens is 1. The summed E-state index contributed by atoms with van der Waals surface area (Å²) in [7, 11) is 0. The predicted molar refractivity (Wildman–Crippen MR) is 63.3 cm³/mol. The third-order valence-electron chi connectivity index (χ3n) is 3.29. The van der Waals surface area contributed by atoms with Gasteiger partial charge in [-0.3, -0.25) is 0 Å². The van der Waals surface area contributed by atoms with E-state index in [4.69, 9.17) is 5.11 Å².